The molecule has 5 heteroatoms. The molecule has 20 heavy (non-hydrogen) atoms. The van der Waals surface area contributed by atoms with Gasteiger partial charge in [-0.15, -0.1) is 0 Å². The van der Waals surface area contributed by atoms with E-state index >= 15 is 0 Å². The fourth-order valence-corrected chi connectivity index (χ4v) is 3.01. The smallest absolute Gasteiger partial charge is 0.224 e. The molecular weight excluding hydrogens is 254 g/mol. The predicted octanol–water partition coefficient (Wildman–Crippen LogP) is 1.77. The van der Waals surface area contributed by atoms with Gasteiger partial charge in [0.2, 0.25) is 5.91 Å². The van der Waals surface area contributed by atoms with E-state index in [0.717, 1.165) is 55.1 Å². The monoisotopic (exact) mass is 275 g/mol. The van der Waals surface area contributed by atoms with E-state index in [1.54, 1.807) is 0 Å². The number of nitrogens with one attached hydrogen (secondary N) is 1. The molecule has 1 aromatic carbocycles. The summed E-state index contributed by atoms with van der Waals surface area (Å²) in [6.45, 7) is 1.60. The Hall–Kier alpha value is -1.75. The van der Waals surface area contributed by atoms with Crippen LogP contribution in [0.1, 0.15) is 24.8 Å². The van der Waals surface area contributed by atoms with Crippen molar-refractivity contribution in [1.29, 1.82) is 0 Å². The Balaban J connectivity index is 1.88. The van der Waals surface area contributed by atoms with Gasteiger partial charge in [0, 0.05) is 38.4 Å². The van der Waals surface area contributed by atoms with Gasteiger partial charge in [-0.05, 0) is 37.0 Å². The summed E-state index contributed by atoms with van der Waals surface area (Å²) in [7, 11) is 2.07. The number of nitrogens with two attached hydrogens (primary N) is 1. The number of anilines is 3. The van der Waals surface area contributed by atoms with Gasteiger partial charge in [-0.25, -0.2) is 0 Å². The molecule has 1 fully saturated rings. The maximum Gasteiger partial charge on any atom is 0.224 e. The van der Waals surface area contributed by atoms with E-state index in [4.69, 9.17) is 10.5 Å². The van der Waals surface area contributed by atoms with Crippen molar-refractivity contribution in [1.82, 2.24) is 0 Å². The van der Waals surface area contributed by atoms with Crippen LogP contribution in [0.5, 0.6) is 0 Å². The Morgan fingerprint density at radius 1 is 1.30 bits per heavy atom. The number of nitrogen functional groups attached to an aromatic ring is 1. The van der Waals surface area contributed by atoms with Gasteiger partial charge in [0.05, 0.1) is 11.4 Å². The van der Waals surface area contributed by atoms with Gasteiger partial charge in [-0.3, -0.25) is 4.79 Å². The predicted molar refractivity (Wildman–Crippen MR) is 80.0 cm³/mol. The lowest BCUT2D eigenvalue weighted by Gasteiger charge is -2.34. The van der Waals surface area contributed by atoms with Gasteiger partial charge >= 0.3 is 0 Å². The van der Waals surface area contributed by atoms with E-state index in [2.05, 4.69) is 17.3 Å². The second-order valence-electron chi connectivity index (χ2n) is 5.57. The maximum absolute atomic E-state index is 11.5. The standard InChI is InChI=1S/C15H21N3O2/c1-18(11-4-6-20-7-5-11)14-9-13-10(8-12(14)16)2-3-15(19)17-13/h8-9,11H,2-7,16H2,1H3,(H,17,19). The molecule has 0 atom stereocenters. The van der Waals surface area contributed by atoms with Gasteiger partial charge < -0.3 is 20.7 Å². The molecule has 5 nitrogen and oxygen atoms in total. The first kappa shape index (κ1) is 13.2. The zero-order valence-corrected chi connectivity index (χ0v) is 11.8. The maximum atomic E-state index is 11.5. The first-order chi connectivity index (χ1) is 9.65. The highest BCUT2D eigenvalue weighted by Gasteiger charge is 2.23. The molecule has 0 aliphatic carbocycles. The van der Waals surface area contributed by atoms with Crippen molar-refractivity contribution in [3.63, 3.8) is 0 Å². The van der Waals surface area contributed by atoms with Gasteiger partial charge in [0.25, 0.3) is 0 Å². The fraction of sp³-hybridized carbons (Fsp3) is 0.533. The molecule has 1 saturated heterocycles. The van der Waals surface area contributed by atoms with E-state index in [0.29, 0.717) is 12.5 Å². The summed E-state index contributed by atoms with van der Waals surface area (Å²) >= 11 is 0. The molecule has 2 aliphatic heterocycles. The quantitative estimate of drug-likeness (QED) is 0.807. The highest BCUT2D eigenvalue weighted by molar-refractivity contribution is 5.95. The van der Waals surface area contributed by atoms with Gasteiger partial charge in [0.1, 0.15) is 0 Å². The minimum Gasteiger partial charge on any atom is -0.397 e. The minimum atomic E-state index is 0.0851. The summed E-state index contributed by atoms with van der Waals surface area (Å²) < 4.78 is 5.41. The molecule has 2 heterocycles. The van der Waals surface area contributed by atoms with Crippen molar-refractivity contribution in [3.05, 3.63) is 17.7 Å². The topological polar surface area (TPSA) is 67.6 Å². The van der Waals surface area contributed by atoms with Crippen LogP contribution in [0.15, 0.2) is 12.1 Å². The summed E-state index contributed by atoms with van der Waals surface area (Å²) in [5.74, 6) is 0.0851. The van der Waals surface area contributed by atoms with Crippen molar-refractivity contribution in [2.24, 2.45) is 0 Å². The summed E-state index contributed by atoms with van der Waals surface area (Å²) in [5, 5.41) is 2.94. The Bertz CT molecular complexity index is 524. The van der Waals surface area contributed by atoms with Crippen LogP contribution in [0, 0.1) is 0 Å². The molecule has 3 N–H and O–H groups in total. The average molecular weight is 275 g/mol. The Morgan fingerprint density at radius 3 is 2.80 bits per heavy atom. The van der Waals surface area contributed by atoms with Crippen molar-refractivity contribution in [2.75, 3.05) is 36.2 Å². The highest BCUT2D eigenvalue weighted by atomic mass is 16.5. The first-order valence-corrected chi connectivity index (χ1v) is 7.18. The third kappa shape index (κ3) is 2.45. The second-order valence-corrected chi connectivity index (χ2v) is 5.57. The van der Waals surface area contributed by atoms with E-state index < -0.39 is 0 Å². The molecule has 0 unspecified atom stereocenters. The van der Waals surface area contributed by atoms with Crippen LogP contribution in [0.25, 0.3) is 0 Å². The number of nitrogens with zero attached hydrogens (tertiary/aromatic N) is 1. The Morgan fingerprint density at radius 2 is 2.05 bits per heavy atom. The normalized spacial score (nSPS) is 19.4. The minimum absolute atomic E-state index is 0.0851. The SMILES string of the molecule is CN(c1cc2c(cc1N)CCC(=O)N2)C1CCOCC1. The highest BCUT2D eigenvalue weighted by Crippen LogP contribution is 2.34. The van der Waals surface area contributed by atoms with E-state index in [9.17, 15) is 4.79 Å². The van der Waals surface area contributed by atoms with E-state index in [-0.39, 0.29) is 5.91 Å². The molecule has 2 aliphatic rings. The third-order valence-electron chi connectivity index (χ3n) is 4.27. The van der Waals surface area contributed by atoms with Crippen molar-refractivity contribution in [3.8, 4) is 0 Å². The number of rotatable bonds is 2. The summed E-state index contributed by atoms with van der Waals surface area (Å²) in [6.07, 6.45) is 3.34. The first-order valence-electron chi connectivity index (χ1n) is 7.18. The number of ether oxygens (including phenoxy) is 1. The molecular formula is C15H21N3O2. The third-order valence-corrected chi connectivity index (χ3v) is 4.27. The van der Waals surface area contributed by atoms with E-state index in [1.165, 1.54) is 0 Å². The van der Waals surface area contributed by atoms with Crippen LogP contribution in [0.3, 0.4) is 0 Å². The lowest BCUT2D eigenvalue weighted by molar-refractivity contribution is -0.116. The number of hydrogen-bond donors (Lipinski definition) is 2. The molecule has 0 saturated carbocycles. The number of benzene rings is 1. The summed E-state index contributed by atoms with van der Waals surface area (Å²) in [5.41, 5.74) is 10.0. The fourth-order valence-electron chi connectivity index (χ4n) is 3.01. The van der Waals surface area contributed by atoms with Gasteiger partial charge in [-0.1, -0.05) is 0 Å². The zero-order valence-electron chi connectivity index (χ0n) is 11.8. The lowest BCUT2D eigenvalue weighted by atomic mass is 10.00. The Labute approximate surface area is 119 Å². The number of aryl methyl sites for hydroxylation is 1. The summed E-state index contributed by atoms with van der Waals surface area (Å²) in [4.78, 5) is 13.7. The average Bonchev–Trinajstić information content (AvgIpc) is 2.47. The molecule has 3 rings (SSSR count). The molecule has 1 amide bonds. The lowest BCUT2D eigenvalue weighted by Crippen LogP contribution is -2.37. The van der Waals surface area contributed by atoms with Gasteiger partial charge in [-0.2, -0.15) is 0 Å². The second kappa shape index (κ2) is 5.32. The summed E-state index contributed by atoms with van der Waals surface area (Å²) in [6, 6.07) is 4.46. The number of carbonyl (C=O) groups is 1. The number of hydrogen-bond acceptors (Lipinski definition) is 4. The van der Waals surface area contributed by atoms with Crippen LogP contribution in [-0.4, -0.2) is 32.2 Å². The molecule has 1 aromatic rings. The zero-order chi connectivity index (χ0) is 14.1. The van der Waals surface area contributed by atoms with Crippen molar-refractivity contribution >= 4 is 23.0 Å². The largest absolute Gasteiger partial charge is 0.397 e. The van der Waals surface area contributed by atoms with E-state index in [1.807, 2.05) is 12.1 Å². The molecule has 108 valence electrons. The molecule has 0 spiro atoms. The number of fused-ring (bicyclic) bond motifs is 1. The Kier molecular flexibility index (Phi) is 3.53. The van der Waals surface area contributed by atoms with Crippen LogP contribution in [0.4, 0.5) is 17.1 Å². The molecule has 0 bridgehead atoms. The van der Waals surface area contributed by atoms with Crippen LogP contribution >= 0.6 is 0 Å². The van der Waals surface area contributed by atoms with Crippen LogP contribution < -0.4 is 16.0 Å². The number of carbonyl (C=O) groups excluding carboxylic acids is 1. The van der Waals surface area contributed by atoms with Crippen molar-refractivity contribution in [2.45, 2.75) is 31.7 Å². The van der Waals surface area contributed by atoms with Crippen LogP contribution in [0.2, 0.25) is 0 Å². The van der Waals surface area contributed by atoms with Crippen LogP contribution in [-0.2, 0) is 16.0 Å². The molecule has 0 radical (unpaired) electrons. The van der Waals surface area contributed by atoms with Gasteiger partial charge in [0.15, 0.2) is 0 Å². The number of amides is 1. The van der Waals surface area contributed by atoms with Crippen molar-refractivity contribution < 1.29 is 9.53 Å². The molecule has 0 aromatic heterocycles.